The molecule has 0 saturated carbocycles. The van der Waals surface area contributed by atoms with Crippen LogP contribution in [0.15, 0.2) is 60.0 Å². The van der Waals surface area contributed by atoms with Gasteiger partial charge in [0.15, 0.2) is 5.01 Å². The third kappa shape index (κ3) is 3.41. The molecule has 31 heavy (non-hydrogen) atoms. The molecule has 0 fully saturated rings. The average molecular weight is 450 g/mol. The first-order chi connectivity index (χ1) is 15.0. The molecular formula is C21H11FN4O3S2. The number of amides is 3. The number of carbonyl (C=O) groups is 3. The van der Waals surface area contributed by atoms with E-state index in [4.69, 9.17) is 0 Å². The van der Waals surface area contributed by atoms with Crippen LogP contribution in [0, 0.1) is 5.82 Å². The lowest BCUT2D eigenvalue weighted by molar-refractivity contribution is 0.0925. The van der Waals surface area contributed by atoms with E-state index >= 15 is 0 Å². The summed E-state index contributed by atoms with van der Waals surface area (Å²) in [4.78, 5) is 40.1. The zero-order valence-electron chi connectivity index (χ0n) is 15.5. The molecule has 2 aromatic heterocycles. The van der Waals surface area contributed by atoms with Crippen LogP contribution >= 0.6 is 22.7 Å². The Labute approximate surface area is 182 Å². The largest absolute Gasteiger partial charge is 0.296 e. The van der Waals surface area contributed by atoms with Gasteiger partial charge in [-0.1, -0.05) is 17.4 Å². The van der Waals surface area contributed by atoms with Crippen LogP contribution in [0.25, 0.3) is 9.88 Å². The standard InChI is InChI=1S/C21H11FN4O3S2/c22-12-4-6-13(7-5-12)26-19(28)14-8-3-11(10-15(14)20(26)29)17(27)23-21-25-24-18(31-21)16-2-1-9-30-16/h1-10H,(H,23,25,27). The summed E-state index contributed by atoms with van der Waals surface area (Å²) in [6, 6.07) is 13.1. The molecule has 0 bridgehead atoms. The number of imide groups is 1. The molecule has 1 aliphatic rings. The third-order valence-corrected chi connectivity index (χ3v) is 6.49. The van der Waals surface area contributed by atoms with Crippen molar-refractivity contribution in [2.75, 3.05) is 10.2 Å². The van der Waals surface area contributed by atoms with Crippen LogP contribution in [-0.4, -0.2) is 27.9 Å². The quantitative estimate of drug-likeness (QED) is 0.464. The molecule has 3 heterocycles. The second-order valence-electron chi connectivity index (χ2n) is 6.53. The minimum absolute atomic E-state index is 0.110. The van der Waals surface area contributed by atoms with Crippen LogP contribution in [0.4, 0.5) is 15.2 Å². The minimum Gasteiger partial charge on any atom is -0.296 e. The summed E-state index contributed by atoms with van der Waals surface area (Å²) in [6.45, 7) is 0. The lowest BCUT2D eigenvalue weighted by atomic mass is 10.1. The van der Waals surface area contributed by atoms with Crippen molar-refractivity contribution < 1.29 is 18.8 Å². The van der Waals surface area contributed by atoms with Gasteiger partial charge in [0.1, 0.15) is 5.82 Å². The first-order valence-corrected chi connectivity index (χ1v) is 10.7. The topological polar surface area (TPSA) is 92.3 Å². The minimum atomic E-state index is -0.572. The lowest BCUT2D eigenvalue weighted by Crippen LogP contribution is -2.29. The molecule has 1 N–H and O–H groups in total. The van der Waals surface area contributed by atoms with E-state index in [1.807, 2.05) is 17.5 Å². The summed E-state index contributed by atoms with van der Waals surface area (Å²) in [5.41, 5.74) is 0.752. The summed E-state index contributed by atoms with van der Waals surface area (Å²) < 4.78 is 13.2. The molecule has 0 radical (unpaired) electrons. The zero-order valence-corrected chi connectivity index (χ0v) is 17.2. The van der Waals surface area contributed by atoms with Crippen LogP contribution in [0.2, 0.25) is 0 Å². The Hall–Kier alpha value is -3.76. The van der Waals surface area contributed by atoms with Gasteiger partial charge in [-0.2, -0.15) is 0 Å². The van der Waals surface area contributed by atoms with Crippen LogP contribution in [0.5, 0.6) is 0 Å². The SMILES string of the molecule is O=C(Nc1nnc(-c2cccs2)s1)c1ccc2c(c1)C(=O)N(c1ccc(F)cc1)C2=O. The summed E-state index contributed by atoms with van der Waals surface area (Å²) in [5, 5.41) is 13.6. The van der Waals surface area contributed by atoms with Crippen LogP contribution < -0.4 is 10.2 Å². The number of hydrogen-bond donors (Lipinski definition) is 1. The van der Waals surface area contributed by atoms with Gasteiger partial charge >= 0.3 is 0 Å². The maximum absolute atomic E-state index is 13.2. The van der Waals surface area contributed by atoms with Crippen molar-refractivity contribution in [1.82, 2.24) is 10.2 Å². The molecule has 0 saturated heterocycles. The second kappa shape index (κ2) is 7.49. The van der Waals surface area contributed by atoms with Crippen molar-refractivity contribution in [3.8, 4) is 9.88 Å². The van der Waals surface area contributed by atoms with Crippen LogP contribution in [-0.2, 0) is 0 Å². The fourth-order valence-corrected chi connectivity index (χ4v) is 4.68. The fourth-order valence-electron chi connectivity index (χ4n) is 3.15. The van der Waals surface area contributed by atoms with E-state index in [1.165, 1.54) is 65.1 Å². The maximum atomic E-state index is 13.2. The second-order valence-corrected chi connectivity index (χ2v) is 8.45. The van der Waals surface area contributed by atoms with E-state index in [9.17, 15) is 18.8 Å². The Balaban J connectivity index is 1.39. The van der Waals surface area contributed by atoms with Gasteiger partial charge in [-0.15, -0.1) is 21.5 Å². The number of aromatic nitrogens is 2. The molecule has 1 aliphatic heterocycles. The molecule has 5 rings (SSSR count). The lowest BCUT2D eigenvalue weighted by Gasteiger charge is -2.13. The number of anilines is 2. The highest BCUT2D eigenvalue weighted by atomic mass is 32.1. The molecule has 3 amide bonds. The Morgan fingerprint density at radius 3 is 2.48 bits per heavy atom. The molecule has 0 atom stereocenters. The summed E-state index contributed by atoms with van der Waals surface area (Å²) in [7, 11) is 0. The van der Waals surface area contributed by atoms with Crippen molar-refractivity contribution in [3.05, 3.63) is 82.5 Å². The predicted octanol–water partition coefficient (Wildman–Crippen LogP) is 4.46. The number of nitrogens with zero attached hydrogens (tertiary/aromatic N) is 3. The predicted molar refractivity (Wildman–Crippen MR) is 115 cm³/mol. The molecule has 2 aromatic carbocycles. The first-order valence-electron chi connectivity index (χ1n) is 8.98. The molecule has 152 valence electrons. The summed E-state index contributed by atoms with van der Waals surface area (Å²) in [6.07, 6.45) is 0. The van der Waals surface area contributed by atoms with Gasteiger partial charge in [-0.25, -0.2) is 9.29 Å². The van der Waals surface area contributed by atoms with Crippen LogP contribution in [0.1, 0.15) is 31.1 Å². The molecule has 0 aliphatic carbocycles. The highest BCUT2D eigenvalue weighted by molar-refractivity contribution is 7.23. The van der Waals surface area contributed by atoms with E-state index in [2.05, 4.69) is 15.5 Å². The number of halogens is 1. The van der Waals surface area contributed by atoms with Gasteiger partial charge < -0.3 is 0 Å². The van der Waals surface area contributed by atoms with Gasteiger partial charge in [-0.05, 0) is 53.9 Å². The molecular weight excluding hydrogens is 439 g/mol. The number of nitrogens with one attached hydrogen (secondary N) is 1. The summed E-state index contributed by atoms with van der Waals surface area (Å²) >= 11 is 2.75. The molecule has 0 unspecified atom stereocenters. The van der Waals surface area contributed by atoms with Crippen molar-refractivity contribution in [3.63, 3.8) is 0 Å². The number of fused-ring (bicyclic) bond motifs is 1. The number of carbonyl (C=O) groups excluding carboxylic acids is 3. The number of thiophene rings is 1. The number of rotatable bonds is 4. The maximum Gasteiger partial charge on any atom is 0.266 e. The fraction of sp³-hybridized carbons (Fsp3) is 0. The van der Waals surface area contributed by atoms with E-state index in [0.717, 1.165) is 9.78 Å². The molecule has 0 spiro atoms. The monoisotopic (exact) mass is 450 g/mol. The van der Waals surface area contributed by atoms with E-state index in [1.54, 1.807) is 0 Å². The highest BCUT2D eigenvalue weighted by Crippen LogP contribution is 2.31. The third-order valence-electron chi connectivity index (χ3n) is 4.61. The number of hydrogen-bond acceptors (Lipinski definition) is 7. The Morgan fingerprint density at radius 1 is 0.968 bits per heavy atom. The number of benzene rings is 2. The molecule has 10 heteroatoms. The smallest absolute Gasteiger partial charge is 0.266 e. The molecule has 4 aromatic rings. The normalized spacial score (nSPS) is 12.9. The Morgan fingerprint density at radius 2 is 1.74 bits per heavy atom. The van der Waals surface area contributed by atoms with Crippen LogP contribution in [0.3, 0.4) is 0 Å². The van der Waals surface area contributed by atoms with Gasteiger partial charge in [0.25, 0.3) is 17.7 Å². The van der Waals surface area contributed by atoms with E-state index in [-0.39, 0.29) is 22.4 Å². The Kier molecular flexibility index (Phi) is 4.64. The van der Waals surface area contributed by atoms with Crippen molar-refractivity contribution in [2.45, 2.75) is 0 Å². The average Bonchev–Trinajstić information content (AvgIpc) is 3.50. The van der Waals surface area contributed by atoms with Gasteiger partial charge in [0, 0.05) is 5.56 Å². The van der Waals surface area contributed by atoms with Gasteiger partial charge in [0.2, 0.25) is 5.13 Å². The van der Waals surface area contributed by atoms with Crippen molar-refractivity contribution in [2.24, 2.45) is 0 Å². The van der Waals surface area contributed by atoms with Gasteiger partial charge in [-0.3, -0.25) is 19.7 Å². The zero-order chi connectivity index (χ0) is 21.5. The van der Waals surface area contributed by atoms with Gasteiger partial charge in [0.05, 0.1) is 21.7 Å². The molecule has 7 nitrogen and oxygen atoms in total. The van der Waals surface area contributed by atoms with Crippen molar-refractivity contribution in [1.29, 1.82) is 0 Å². The summed E-state index contributed by atoms with van der Waals surface area (Å²) in [5.74, 6) is -2.05. The Bertz CT molecular complexity index is 1330. The van der Waals surface area contributed by atoms with E-state index < -0.39 is 23.5 Å². The highest BCUT2D eigenvalue weighted by Gasteiger charge is 2.37. The first kappa shape index (κ1) is 19.2. The van der Waals surface area contributed by atoms with Crippen molar-refractivity contribution >= 4 is 51.2 Å². The van der Waals surface area contributed by atoms with E-state index in [0.29, 0.717) is 10.1 Å².